The Morgan fingerprint density at radius 3 is 2.33 bits per heavy atom. The van der Waals surface area contributed by atoms with E-state index in [1.807, 2.05) is 0 Å². The Morgan fingerprint density at radius 1 is 1.27 bits per heavy atom. The van der Waals surface area contributed by atoms with Crippen LogP contribution in [-0.2, 0) is 16.1 Å². The lowest BCUT2D eigenvalue weighted by Gasteiger charge is -2.03. The van der Waals surface area contributed by atoms with Crippen LogP contribution in [0.3, 0.4) is 0 Å². The van der Waals surface area contributed by atoms with Crippen molar-refractivity contribution in [2.24, 2.45) is 0 Å². The first-order valence-corrected chi connectivity index (χ1v) is 4.66. The standard InChI is InChI=1S/C10H10O4S/c1-7(11)13-6-8-2-4-9(5-3-8)14-10(12)15/h2-5H,6H2,1H3,(H,12,15). The normalized spacial score (nSPS) is 9.47. The molecule has 0 unspecified atom stereocenters. The van der Waals surface area contributed by atoms with Crippen molar-refractivity contribution in [1.29, 1.82) is 0 Å². The number of ether oxygens (including phenoxy) is 2. The van der Waals surface area contributed by atoms with Gasteiger partial charge in [-0.1, -0.05) is 24.8 Å². The zero-order valence-electron chi connectivity index (χ0n) is 8.10. The molecule has 0 N–H and O–H groups in total. The second-order valence-electron chi connectivity index (χ2n) is 2.79. The zero-order chi connectivity index (χ0) is 11.3. The van der Waals surface area contributed by atoms with E-state index >= 15 is 0 Å². The van der Waals surface area contributed by atoms with Crippen LogP contribution in [0.4, 0.5) is 4.79 Å². The Bertz CT molecular complexity index is 358. The monoisotopic (exact) mass is 226 g/mol. The summed E-state index contributed by atoms with van der Waals surface area (Å²) in [4.78, 5) is 21.0. The van der Waals surface area contributed by atoms with E-state index in [9.17, 15) is 9.59 Å². The molecule has 0 aliphatic rings. The van der Waals surface area contributed by atoms with Crippen molar-refractivity contribution in [2.75, 3.05) is 0 Å². The minimum atomic E-state index is -0.664. The predicted molar refractivity (Wildman–Crippen MR) is 56.9 cm³/mol. The van der Waals surface area contributed by atoms with Gasteiger partial charge in [0.15, 0.2) is 0 Å². The molecular formula is C10H10O4S. The molecule has 0 aliphatic heterocycles. The quantitative estimate of drug-likeness (QED) is 0.634. The number of carbonyl (C=O) groups excluding carboxylic acids is 2. The minimum absolute atomic E-state index is 0.213. The van der Waals surface area contributed by atoms with E-state index in [4.69, 9.17) is 9.47 Å². The summed E-state index contributed by atoms with van der Waals surface area (Å²) in [6.07, 6.45) is 0. The van der Waals surface area contributed by atoms with Crippen molar-refractivity contribution in [3.8, 4) is 5.75 Å². The van der Waals surface area contributed by atoms with Crippen LogP contribution in [0.15, 0.2) is 24.3 Å². The largest absolute Gasteiger partial charge is 0.461 e. The third-order valence-corrected chi connectivity index (χ3v) is 1.66. The number of thiol groups is 1. The molecule has 1 rings (SSSR count). The van der Waals surface area contributed by atoms with Crippen LogP contribution < -0.4 is 4.74 Å². The maximum Gasteiger partial charge on any atom is 0.369 e. The van der Waals surface area contributed by atoms with Gasteiger partial charge < -0.3 is 9.47 Å². The fourth-order valence-corrected chi connectivity index (χ4v) is 1.04. The van der Waals surface area contributed by atoms with Crippen molar-refractivity contribution in [3.05, 3.63) is 29.8 Å². The molecule has 0 aromatic heterocycles. The van der Waals surface area contributed by atoms with Gasteiger partial charge in [0.05, 0.1) is 0 Å². The molecule has 0 radical (unpaired) electrons. The van der Waals surface area contributed by atoms with Gasteiger partial charge in [-0.2, -0.15) is 0 Å². The van der Waals surface area contributed by atoms with Crippen LogP contribution >= 0.6 is 12.6 Å². The van der Waals surface area contributed by atoms with Crippen LogP contribution in [0.5, 0.6) is 5.75 Å². The van der Waals surface area contributed by atoms with Crippen molar-refractivity contribution in [3.63, 3.8) is 0 Å². The van der Waals surface area contributed by atoms with Gasteiger partial charge >= 0.3 is 11.3 Å². The Kier molecular flexibility index (Phi) is 4.17. The summed E-state index contributed by atoms with van der Waals surface area (Å²) in [5.41, 5.74) is 0.823. The molecule has 80 valence electrons. The Morgan fingerprint density at radius 2 is 1.87 bits per heavy atom. The van der Waals surface area contributed by atoms with E-state index < -0.39 is 5.30 Å². The molecule has 5 heteroatoms. The van der Waals surface area contributed by atoms with Gasteiger partial charge in [0.25, 0.3) is 0 Å². The lowest BCUT2D eigenvalue weighted by Crippen LogP contribution is -1.99. The van der Waals surface area contributed by atoms with Crippen LogP contribution in [-0.4, -0.2) is 11.3 Å². The van der Waals surface area contributed by atoms with E-state index in [1.54, 1.807) is 24.3 Å². The number of esters is 1. The van der Waals surface area contributed by atoms with E-state index in [0.717, 1.165) is 5.56 Å². The summed E-state index contributed by atoms with van der Waals surface area (Å²) >= 11 is 3.47. The summed E-state index contributed by atoms with van der Waals surface area (Å²) in [6.45, 7) is 1.56. The second kappa shape index (κ2) is 5.41. The molecule has 0 amide bonds. The fourth-order valence-electron chi connectivity index (χ4n) is 0.940. The summed E-state index contributed by atoms with van der Waals surface area (Å²) < 4.78 is 9.50. The molecule has 0 atom stereocenters. The first-order valence-electron chi connectivity index (χ1n) is 4.21. The molecule has 4 nitrogen and oxygen atoms in total. The SMILES string of the molecule is CC(=O)OCc1ccc(OC(=O)S)cc1. The van der Waals surface area contributed by atoms with Gasteiger partial charge in [-0.15, -0.1) is 0 Å². The molecule has 0 aliphatic carbocycles. The fraction of sp³-hybridized carbons (Fsp3) is 0.200. The second-order valence-corrected chi connectivity index (χ2v) is 3.16. The maximum atomic E-state index is 10.5. The first-order chi connectivity index (χ1) is 7.08. The van der Waals surface area contributed by atoms with Crippen LogP contribution in [0, 0.1) is 0 Å². The van der Waals surface area contributed by atoms with E-state index in [0.29, 0.717) is 5.75 Å². The minimum Gasteiger partial charge on any atom is -0.461 e. The molecule has 15 heavy (non-hydrogen) atoms. The van der Waals surface area contributed by atoms with E-state index in [-0.39, 0.29) is 12.6 Å². The molecule has 0 spiro atoms. The molecule has 1 aromatic rings. The molecule has 0 bridgehead atoms. The number of hydrogen-bond donors (Lipinski definition) is 1. The van der Waals surface area contributed by atoms with Crippen LogP contribution in [0.2, 0.25) is 0 Å². The molecule has 1 aromatic carbocycles. The van der Waals surface area contributed by atoms with Gasteiger partial charge in [-0.3, -0.25) is 4.79 Å². The predicted octanol–water partition coefficient (Wildman–Crippen LogP) is 2.18. The summed E-state index contributed by atoms with van der Waals surface area (Å²) in [5, 5.41) is -0.664. The van der Waals surface area contributed by atoms with Crippen LogP contribution in [0.25, 0.3) is 0 Å². The Labute approximate surface area is 92.6 Å². The smallest absolute Gasteiger partial charge is 0.369 e. The highest BCUT2D eigenvalue weighted by atomic mass is 32.1. The third-order valence-electron chi connectivity index (χ3n) is 1.57. The van der Waals surface area contributed by atoms with Crippen molar-refractivity contribution >= 4 is 23.9 Å². The summed E-state index contributed by atoms with van der Waals surface area (Å²) in [6, 6.07) is 6.61. The maximum absolute atomic E-state index is 10.5. The number of carbonyl (C=O) groups is 2. The van der Waals surface area contributed by atoms with Crippen molar-refractivity contribution < 1.29 is 19.1 Å². The van der Waals surface area contributed by atoms with Gasteiger partial charge in [-0.05, 0) is 17.7 Å². The average Bonchev–Trinajstić information content (AvgIpc) is 2.16. The topological polar surface area (TPSA) is 52.6 Å². The van der Waals surface area contributed by atoms with Crippen LogP contribution in [0.1, 0.15) is 12.5 Å². The molecule has 0 saturated carbocycles. The van der Waals surface area contributed by atoms with Gasteiger partial charge in [0, 0.05) is 6.92 Å². The first kappa shape index (κ1) is 11.6. The molecule has 0 fully saturated rings. The average molecular weight is 226 g/mol. The highest BCUT2D eigenvalue weighted by Gasteiger charge is 2.00. The molecule has 0 heterocycles. The third kappa shape index (κ3) is 4.51. The van der Waals surface area contributed by atoms with Gasteiger partial charge in [0.2, 0.25) is 0 Å². The lowest BCUT2D eigenvalue weighted by molar-refractivity contribution is -0.142. The number of hydrogen-bond acceptors (Lipinski definition) is 4. The van der Waals surface area contributed by atoms with E-state index in [2.05, 4.69) is 12.6 Å². The zero-order valence-corrected chi connectivity index (χ0v) is 8.99. The number of benzene rings is 1. The van der Waals surface area contributed by atoms with Crippen molar-refractivity contribution in [1.82, 2.24) is 0 Å². The highest BCUT2D eigenvalue weighted by molar-refractivity contribution is 7.96. The lowest BCUT2D eigenvalue weighted by atomic mass is 10.2. The van der Waals surface area contributed by atoms with Crippen molar-refractivity contribution in [2.45, 2.75) is 13.5 Å². The van der Waals surface area contributed by atoms with Gasteiger partial charge in [-0.25, -0.2) is 4.79 Å². The Balaban J connectivity index is 2.56. The summed E-state index contributed by atoms with van der Waals surface area (Å²) in [7, 11) is 0. The highest BCUT2D eigenvalue weighted by Crippen LogP contribution is 2.13. The number of rotatable bonds is 3. The summed E-state index contributed by atoms with van der Waals surface area (Å²) in [5.74, 6) is 0.0717. The van der Waals surface area contributed by atoms with E-state index in [1.165, 1.54) is 6.92 Å². The Hall–Kier alpha value is -1.49. The molecule has 0 saturated heterocycles. The molecular weight excluding hydrogens is 216 g/mol. The van der Waals surface area contributed by atoms with Gasteiger partial charge in [0.1, 0.15) is 12.4 Å².